The molecule has 3 rings (SSSR count). The van der Waals surface area contributed by atoms with Crippen LogP contribution in [-0.2, 0) is 0 Å². The molecule has 3 aromatic rings. The standard InChI is InChI=1S/C20H18N4/c1-15-8-10-17(11-9-15)12-13-20-19(14-21)22-23-24(20)16(2)18-6-4-3-5-7-18/h3-13,16H,1-2H3/b13-12+. The Hall–Kier alpha value is -3.19. The van der Waals surface area contributed by atoms with Crippen LogP contribution < -0.4 is 0 Å². The third-order valence-corrected chi connectivity index (χ3v) is 4.00. The van der Waals surface area contributed by atoms with Gasteiger partial charge >= 0.3 is 0 Å². The number of rotatable bonds is 4. The fourth-order valence-electron chi connectivity index (χ4n) is 2.55. The van der Waals surface area contributed by atoms with E-state index in [9.17, 15) is 5.26 Å². The summed E-state index contributed by atoms with van der Waals surface area (Å²) in [5.74, 6) is 0. The van der Waals surface area contributed by atoms with Crippen LogP contribution in [0, 0.1) is 18.3 Å². The quantitative estimate of drug-likeness (QED) is 0.724. The molecule has 0 bridgehead atoms. The number of aryl methyl sites for hydroxylation is 1. The Morgan fingerprint density at radius 3 is 2.42 bits per heavy atom. The van der Waals surface area contributed by atoms with Crippen LogP contribution in [0.3, 0.4) is 0 Å². The van der Waals surface area contributed by atoms with Crippen LogP contribution in [0.2, 0.25) is 0 Å². The van der Waals surface area contributed by atoms with Crippen molar-refractivity contribution in [2.24, 2.45) is 0 Å². The minimum atomic E-state index is -0.00142. The van der Waals surface area contributed by atoms with Gasteiger partial charge in [-0.2, -0.15) is 5.26 Å². The monoisotopic (exact) mass is 314 g/mol. The van der Waals surface area contributed by atoms with E-state index in [1.54, 1.807) is 4.68 Å². The van der Waals surface area contributed by atoms with Gasteiger partial charge in [-0.15, -0.1) is 5.10 Å². The van der Waals surface area contributed by atoms with Gasteiger partial charge in [-0.1, -0.05) is 71.5 Å². The molecule has 1 heterocycles. The molecule has 0 amide bonds. The van der Waals surface area contributed by atoms with Gasteiger partial charge in [0, 0.05) is 0 Å². The van der Waals surface area contributed by atoms with Gasteiger partial charge in [-0.3, -0.25) is 0 Å². The molecule has 0 saturated carbocycles. The lowest BCUT2D eigenvalue weighted by Crippen LogP contribution is -2.10. The Kier molecular flexibility index (Phi) is 4.53. The number of aromatic nitrogens is 3. The van der Waals surface area contributed by atoms with E-state index in [0.717, 1.165) is 16.8 Å². The summed E-state index contributed by atoms with van der Waals surface area (Å²) < 4.78 is 1.79. The fraction of sp³-hybridized carbons (Fsp3) is 0.150. The lowest BCUT2D eigenvalue weighted by Gasteiger charge is -2.13. The molecule has 0 saturated heterocycles. The molecule has 0 fully saturated rings. The molecule has 24 heavy (non-hydrogen) atoms. The average molecular weight is 314 g/mol. The average Bonchev–Trinajstić information content (AvgIpc) is 3.04. The highest BCUT2D eigenvalue weighted by molar-refractivity contribution is 5.70. The molecule has 1 atom stereocenters. The van der Waals surface area contributed by atoms with Gasteiger partial charge in [0.1, 0.15) is 11.8 Å². The molecular weight excluding hydrogens is 296 g/mol. The molecule has 2 aromatic carbocycles. The molecule has 1 aromatic heterocycles. The molecule has 4 nitrogen and oxygen atoms in total. The number of hydrogen-bond acceptors (Lipinski definition) is 3. The Balaban J connectivity index is 1.96. The molecule has 0 radical (unpaired) electrons. The molecule has 4 heteroatoms. The van der Waals surface area contributed by atoms with E-state index in [4.69, 9.17) is 0 Å². The largest absolute Gasteiger partial charge is 0.237 e. The normalized spacial score (nSPS) is 12.2. The van der Waals surface area contributed by atoms with Gasteiger partial charge in [0.25, 0.3) is 0 Å². The highest BCUT2D eigenvalue weighted by Crippen LogP contribution is 2.21. The smallest absolute Gasteiger partial charge is 0.190 e. The predicted octanol–water partition coefficient (Wildman–Crippen LogP) is 4.24. The number of nitrogens with zero attached hydrogens (tertiary/aromatic N) is 4. The van der Waals surface area contributed by atoms with Crippen molar-refractivity contribution in [3.8, 4) is 6.07 Å². The van der Waals surface area contributed by atoms with Gasteiger partial charge in [0.15, 0.2) is 5.69 Å². The lowest BCUT2D eigenvalue weighted by atomic mass is 10.1. The summed E-state index contributed by atoms with van der Waals surface area (Å²) in [5, 5.41) is 17.5. The van der Waals surface area contributed by atoms with Crippen molar-refractivity contribution < 1.29 is 0 Å². The molecule has 1 unspecified atom stereocenters. The summed E-state index contributed by atoms with van der Waals surface area (Å²) in [6.45, 7) is 4.11. The zero-order chi connectivity index (χ0) is 16.9. The third kappa shape index (κ3) is 3.26. The fourth-order valence-corrected chi connectivity index (χ4v) is 2.55. The first-order chi connectivity index (χ1) is 11.7. The van der Waals surface area contributed by atoms with Crippen LogP contribution in [0.4, 0.5) is 0 Å². The van der Waals surface area contributed by atoms with Crippen LogP contribution >= 0.6 is 0 Å². The second kappa shape index (κ2) is 6.93. The minimum Gasteiger partial charge on any atom is -0.237 e. The van der Waals surface area contributed by atoms with Gasteiger partial charge in [-0.05, 0) is 31.1 Å². The zero-order valence-corrected chi connectivity index (χ0v) is 13.7. The number of benzene rings is 2. The number of nitriles is 1. The van der Waals surface area contributed by atoms with Crippen molar-refractivity contribution >= 4 is 12.2 Å². The molecular formula is C20H18N4. The Bertz CT molecular complexity index is 884. The maximum atomic E-state index is 9.32. The van der Waals surface area contributed by atoms with E-state index in [0.29, 0.717) is 5.69 Å². The highest BCUT2D eigenvalue weighted by atomic mass is 15.4. The summed E-state index contributed by atoms with van der Waals surface area (Å²) in [7, 11) is 0. The Morgan fingerprint density at radius 2 is 1.75 bits per heavy atom. The molecule has 0 aliphatic heterocycles. The van der Waals surface area contributed by atoms with Crippen molar-refractivity contribution in [1.82, 2.24) is 15.0 Å². The van der Waals surface area contributed by atoms with E-state index in [-0.39, 0.29) is 6.04 Å². The summed E-state index contributed by atoms with van der Waals surface area (Å²) in [4.78, 5) is 0. The van der Waals surface area contributed by atoms with E-state index < -0.39 is 0 Å². The van der Waals surface area contributed by atoms with Crippen LogP contribution in [-0.4, -0.2) is 15.0 Å². The first kappa shape index (κ1) is 15.7. The maximum absolute atomic E-state index is 9.32. The van der Waals surface area contributed by atoms with Crippen molar-refractivity contribution in [3.05, 3.63) is 82.7 Å². The second-order valence-corrected chi connectivity index (χ2v) is 5.71. The second-order valence-electron chi connectivity index (χ2n) is 5.71. The van der Waals surface area contributed by atoms with Crippen LogP contribution in [0.25, 0.3) is 12.2 Å². The minimum absolute atomic E-state index is 0.00142. The summed E-state index contributed by atoms with van der Waals surface area (Å²) in [6, 6.07) is 20.4. The van der Waals surface area contributed by atoms with Crippen molar-refractivity contribution in [2.75, 3.05) is 0 Å². The van der Waals surface area contributed by atoms with E-state index >= 15 is 0 Å². The Morgan fingerprint density at radius 1 is 1.04 bits per heavy atom. The Labute approximate surface area is 141 Å². The first-order valence-electron chi connectivity index (χ1n) is 7.84. The highest BCUT2D eigenvalue weighted by Gasteiger charge is 2.16. The third-order valence-electron chi connectivity index (χ3n) is 4.00. The van der Waals surface area contributed by atoms with Crippen molar-refractivity contribution in [3.63, 3.8) is 0 Å². The molecule has 0 spiro atoms. The molecule has 118 valence electrons. The number of hydrogen-bond donors (Lipinski definition) is 0. The van der Waals surface area contributed by atoms with Crippen LogP contribution in [0.5, 0.6) is 0 Å². The maximum Gasteiger partial charge on any atom is 0.190 e. The van der Waals surface area contributed by atoms with Crippen LogP contribution in [0.15, 0.2) is 54.6 Å². The zero-order valence-electron chi connectivity index (χ0n) is 13.7. The summed E-state index contributed by atoms with van der Waals surface area (Å²) in [5.41, 5.74) is 4.46. The summed E-state index contributed by atoms with van der Waals surface area (Å²) >= 11 is 0. The van der Waals surface area contributed by atoms with Crippen molar-refractivity contribution in [1.29, 1.82) is 5.26 Å². The van der Waals surface area contributed by atoms with Gasteiger partial charge in [0.2, 0.25) is 0 Å². The molecule has 0 aliphatic rings. The van der Waals surface area contributed by atoms with E-state index in [1.165, 1.54) is 5.56 Å². The predicted molar refractivity (Wildman–Crippen MR) is 95.1 cm³/mol. The van der Waals surface area contributed by atoms with E-state index in [2.05, 4.69) is 35.4 Å². The molecule has 0 aliphatic carbocycles. The van der Waals surface area contributed by atoms with Crippen LogP contribution in [0.1, 0.15) is 41.0 Å². The van der Waals surface area contributed by atoms with Crippen molar-refractivity contribution in [2.45, 2.75) is 19.9 Å². The first-order valence-corrected chi connectivity index (χ1v) is 7.84. The SMILES string of the molecule is Cc1ccc(/C=C/c2c(C#N)nnn2C(C)c2ccccc2)cc1. The molecule has 0 N–H and O–H groups in total. The van der Waals surface area contributed by atoms with Gasteiger partial charge in [-0.25, -0.2) is 4.68 Å². The van der Waals surface area contributed by atoms with Gasteiger partial charge < -0.3 is 0 Å². The topological polar surface area (TPSA) is 54.5 Å². The summed E-state index contributed by atoms with van der Waals surface area (Å²) in [6.07, 6.45) is 3.88. The lowest BCUT2D eigenvalue weighted by molar-refractivity contribution is 0.539. The van der Waals surface area contributed by atoms with Gasteiger partial charge in [0.05, 0.1) is 6.04 Å². The van der Waals surface area contributed by atoms with E-state index in [1.807, 2.05) is 61.5 Å².